The number of rotatable bonds is 5. The molecule has 112 valence electrons. The zero-order chi connectivity index (χ0) is 15.4. The van der Waals surface area contributed by atoms with Crippen LogP contribution in [0.5, 0.6) is 0 Å². The van der Waals surface area contributed by atoms with E-state index in [1.807, 2.05) is 6.92 Å². The van der Waals surface area contributed by atoms with Crippen LogP contribution in [0, 0.1) is 11.6 Å². The van der Waals surface area contributed by atoms with Crippen molar-refractivity contribution in [3.63, 3.8) is 0 Å². The van der Waals surface area contributed by atoms with Crippen LogP contribution in [0.15, 0.2) is 40.9 Å². The third kappa shape index (κ3) is 4.02. The standard InChI is InChI=1S/C16H15BrClF2N/c1-2-7-21-16(12-8-10(17)3-5-14(12)19)13-9-11(18)4-6-15(13)20/h3-6,8-9,16,21H,2,7H2,1H3. The maximum atomic E-state index is 14.1. The van der Waals surface area contributed by atoms with Crippen LogP contribution in [0.3, 0.4) is 0 Å². The lowest BCUT2D eigenvalue weighted by atomic mass is 9.97. The van der Waals surface area contributed by atoms with Crippen LogP contribution in [0.2, 0.25) is 5.02 Å². The van der Waals surface area contributed by atoms with Gasteiger partial charge in [-0.05, 0) is 49.4 Å². The number of halogens is 4. The predicted octanol–water partition coefficient (Wildman–Crippen LogP) is 5.47. The molecule has 0 fully saturated rings. The molecule has 2 aromatic carbocycles. The molecule has 1 atom stereocenters. The zero-order valence-electron chi connectivity index (χ0n) is 11.5. The molecule has 0 saturated heterocycles. The highest BCUT2D eigenvalue weighted by atomic mass is 79.9. The van der Waals surface area contributed by atoms with Crippen molar-refractivity contribution in [1.29, 1.82) is 0 Å². The lowest BCUT2D eigenvalue weighted by Crippen LogP contribution is -2.25. The molecule has 1 unspecified atom stereocenters. The summed E-state index contributed by atoms with van der Waals surface area (Å²) in [6.07, 6.45) is 0.855. The van der Waals surface area contributed by atoms with Gasteiger partial charge in [0.1, 0.15) is 11.6 Å². The summed E-state index contributed by atoms with van der Waals surface area (Å²) in [5, 5.41) is 3.60. The Hall–Kier alpha value is -0.970. The molecule has 0 aliphatic heterocycles. The Labute approximate surface area is 136 Å². The molecule has 21 heavy (non-hydrogen) atoms. The first-order chi connectivity index (χ1) is 10.0. The van der Waals surface area contributed by atoms with Gasteiger partial charge in [-0.1, -0.05) is 34.5 Å². The summed E-state index contributed by atoms with van der Waals surface area (Å²) in [7, 11) is 0. The average molecular weight is 375 g/mol. The topological polar surface area (TPSA) is 12.0 Å². The van der Waals surface area contributed by atoms with Crippen LogP contribution in [0.25, 0.3) is 0 Å². The van der Waals surface area contributed by atoms with E-state index in [0.717, 1.165) is 10.9 Å². The van der Waals surface area contributed by atoms with Crippen molar-refractivity contribution in [2.75, 3.05) is 6.54 Å². The number of hydrogen-bond donors (Lipinski definition) is 1. The molecule has 2 aromatic rings. The largest absolute Gasteiger partial charge is 0.306 e. The van der Waals surface area contributed by atoms with Gasteiger partial charge < -0.3 is 5.32 Å². The Morgan fingerprint density at radius 2 is 1.71 bits per heavy atom. The molecule has 0 aliphatic carbocycles. The van der Waals surface area contributed by atoms with Gasteiger partial charge in [-0.25, -0.2) is 8.78 Å². The van der Waals surface area contributed by atoms with Crippen LogP contribution in [0.1, 0.15) is 30.5 Å². The SMILES string of the molecule is CCCNC(c1cc(Cl)ccc1F)c1cc(Br)ccc1F. The van der Waals surface area contributed by atoms with Crippen LogP contribution < -0.4 is 5.32 Å². The quantitative estimate of drug-likeness (QED) is 0.732. The maximum absolute atomic E-state index is 14.1. The minimum atomic E-state index is -0.582. The third-order valence-electron chi connectivity index (χ3n) is 3.14. The van der Waals surface area contributed by atoms with Gasteiger partial charge in [0.15, 0.2) is 0 Å². The molecule has 0 aliphatic rings. The fourth-order valence-corrected chi connectivity index (χ4v) is 2.71. The third-order valence-corrected chi connectivity index (χ3v) is 3.86. The van der Waals surface area contributed by atoms with Crippen LogP contribution in [0.4, 0.5) is 8.78 Å². The molecule has 0 aromatic heterocycles. The Morgan fingerprint density at radius 1 is 1.10 bits per heavy atom. The fourth-order valence-electron chi connectivity index (χ4n) is 2.15. The molecule has 0 saturated carbocycles. The van der Waals surface area contributed by atoms with Crippen molar-refractivity contribution in [1.82, 2.24) is 5.32 Å². The first-order valence-electron chi connectivity index (χ1n) is 6.66. The summed E-state index contributed by atoms with van der Waals surface area (Å²) in [5.74, 6) is -0.793. The summed E-state index contributed by atoms with van der Waals surface area (Å²) < 4.78 is 29.0. The first kappa shape index (κ1) is 16.4. The number of nitrogens with one attached hydrogen (secondary N) is 1. The predicted molar refractivity (Wildman–Crippen MR) is 85.6 cm³/mol. The maximum Gasteiger partial charge on any atom is 0.128 e. The van der Waals surface area contributed by atoms with Gasteiger partial charge in [0.05, 0.1) is 6.04 Å². The van der Waals surface area contributed by atoms with Gasteiger partial charge in [0.2, 0.25) is 0 Å². The van der Waals surface area contributed by atoms with E-state index in [9.17, 15) is 8.78 Å². The normalized spacial score (nSPS) is 12.4. The van der Waals surface area contributed by atoms with E-state index >= 15 is 0 Å². The summed E-state index contributed by atoms with van der Waals surface area (Å²) in [6, 6.07) is 8.36. The molecule has 1 N–H and O–H groups in total. The molecule has 1 nitrogen and oxygen atoms in total. The highest BCUT2D eigenvalue weighted by molar-refractivity contribution is 9.10. The van der Waals surface area contributed by atoms with Gasteiger partial charge in [-0.2, -0.15) is 0 Å². The Bertz CT molecular complexity index is 582. The summed E-state index contributed by atoms with van der Waals surface area (Å²) in [4.78, 5) is 0. The van der Waals surface area contributed by atoms with E-state index < -0.39 is 11.9 Å². The Morgan fingerprint density at radius 3 is 2.38 bits per heavy atom. The average Bonchev–Trinajstić information content (AvgIpc) is 2.46. The summed E-state index contributed by atoms with van der Waals surface area (Å²) in [6.45, 7) is 2.64. The van der Waals surface area contributed by atoms with Gasteiger partial charge in [0.25, 0.3) is 0 Å². The fraction of sp³-hybridized carbons (Fsp3) is 0.250. The monoisotopic (exact) mass is 373 g/mol. The van der Waals surface area contributed by atoms with Crippen molar-refractivity contribution in [2.45, 2.75) is 19.4 Å². The van der Waals surface area contributed by atoms with E-state index in [1.54, 1.807) is 12.1 Å². The molecular weight excluding hydrogens is 360 g/mol. The van der Waals surface area contributed by atoms with Crippen LogP contribution >= 0.6 is 27.5 Å². The number of benzene rings is 2. The molecular formula is C16H15BrClF2N. The van der Waals surface area contributed by atoms with E-state index in [0.29, 0.717) is 22.7 Å². The Kier molecular flexibility index (Phi) is 5.73. The van der Waals surface area contributed by atoms with Gasteiger partial charge in [-0.3, -0.25) is 0 Å². The second kappa shape index (κ2) is 7.34. The zero-order valence-corrected chi connectivity index (χ0v) is 13.8. The van der Waals surface area contributed by atoms with Crippen molar-refractivity contribution in [2.24, 2.45) is 0 Å². The smallest absolute Gasteiger partial charge is 0.128 e. The molecule has 0 bridgehead atoms. The minimum Gasteiger partial charge on any atom is -0.306 e. The molecule has 5 heteroatoms. The second-order valence-electron chi connectivity index (χ2n) is 4.72. The number of hydrogen-bond acceptors (Lipinski definition) is 1. The molecule has 0 heterocycles. The lowest BCUT2D eigenvalue weighted by molar-refractivity contribution is 0.520. The van der Waals surface area contributed by atoms with Crippen molar-refractivity contribution < 1.29 is 8.78 Å². The van der Waals surface area contributed by atoms with Gasteiger partial charge in [0, 0.05) is 20.6 Å². The lowest BCUT2D eigenvalue weighted by Gasteiger charge is -2.21. The van der Waals surface area contributed by atoms with E-state index in [4.69, 9.17) is 11.6 Å². The molecule has 2 rings (SSSR count). The van der Waals surface area contributed by atoms with Gasteiger partial charge >= 0.3 is 0 Å². The van der Waals surface area contributed by atoms with E-state index in [-0.39, 0.29) is 5.82 Å². The van der Waals surface area contributed by atoms with E-state index in [1.165, 1.54) is 24.3 Å². The van der Waals surface area contributed by atoms with Crippen LogP contribution in [-0.2, 0) is 0 Å². The van der Waals surface area contributed by atoms with Crippen molar-refractivity contribution in [3.8, 4) is 0 Å². The molecule has 0 spiro atoms. The summed E-state index contributed by atoms with van der Waals surface area (Å²) in [5.41, 5.74) is 0.729. The van der Waals surface area contributed by atoms with Gasteiger partial charge in [-0.15, -0.1) is 0 Å². The van der Waals surface area contributed by atoms with Crippen LogP contribution in [-0.4, -0.2) is 6.54 Å². The Balaban J connectivity index is 2.52. The first-order valence-corrected chi connectivity index (χ1v) is 7.83. The molecule has 0 amide bonds. The summed E-state index contributed by atoms with van der Waals surface area (Å²) >= 11 is 9.28. The van der Waals surface area contributed by atoms with Crippen molar-refractivity contribution in [3.05, 3.63) is 68.7 Å². The second-order valence-corrected chi connectivity index (χ2v) is 6.07. The highest BCUT2D eigenvalue weighted by Crippen LogP contribution is 2.30. The van der Waals surface area contributed by atoms with E-state index in [2.05, 4.69) is 21.2 Å². The highest BCUT2D eigenvalue weighted by Gasteiger charge is 2.21. The molecule has 0 radical (unpaired) electrons. The minimum absolute atomic E-state index is 0.341. The van der Waals surface area contributed by atoms with Crippen molar-refractivity contribution >= 4 is 27.5 Å².